The van der Waals surface area contributed by atoms with Gasteiger partial charge in [-0.1, -0.05) is 6.92 Å². The van der Waals surface area contributed by atoms with Crippen LogP contribution in [0.1, 0.15) is 24.0 Å². The Morgan fingerprint density at radius 2 is 2.50 bits per heavy atom. The zero-order valence-corrected chi connectivity index (χ0v) is 10.8. The Kier molecular flexibility index (Phi) is 3.82. The third kappa shape index (κ3) is 3.19. The van der Waals surface area contributed by atoms with Crippen molar-refractivity contribution in [2.75, 3.05) is 6.54 Å². The van der Waals surface area contributed by atoms with E-state index in [1.54, 1.807) is 0 Å². The van der Waals surface area contributed by atoms with Crippen LogP contribution in [0.2, 0.25) is 0 Å². The Bertz CT molecular complexity index is 380. The molecule has 1 saturated carbocycles. The number of rotatable bonds is 5. The summed E-state index contributed by atoms with van der Waals surface area (Å²) in [5, 5.41) is 5.69. The van der Waals surface area contributed by atoms with Crippen LogP contribution >= 0.6 is 22.9 Å². The van der Waals surface area contributed by atoms with Crippen LogP contribution in [-0.2, 0) is 17.1 Å². The minimum atomic E-state index is 0.0644. The number of thiazole rings is 1. The van der Waals surface area contributed by atoms with E-state index in [0.717, 1.165) is 23.2 Å². The number of nitrogens with zero attached hydrogens (tertiary/aromatic N) is 1. The standard InChI is InChI=1S/C11H15ClN2OS/c1-7-2-8(7)5-13-10(15)3-11-14-9(4-12)6-16-11/h6-8H,2-5H2,1H3,(H,13,15). The number of nitrogens with one attached hydrogen (secondary N) is 1. The Morgan fingerprint density at radius 1 is 1.75 bits per heavy atom. The maximum atomic E-state index is 11.6. The first-order chi connectivity index (χ1) is 7.69. The minimum Gasteiger partial charge on any atom is -0.355 e. The van der Waals surface area contributed by atoms with Gasteiger partial charge in [0.1, 0.15) is 5.01 Å². The normalized spacial score (nSPS) is 23.1. The van der Waals surface area contributed by atoms with Crippen LogP contribution in [-0.4, -0.2) is 17.4 Å². The van der Waals surface area contributed by atoms with Crippen LogP contribution in [0.5, 0.6) is 0 Å². The molecule has 5 heteroatoms. The number of hydrogen-bond acceptors (Lipinski definition) is 3. The highest BCUT2D eigenvalue weighted by Crippen LogP contribution is 2.36. The van der Waals surface area contributed by atoms with Gasteiger partial charge in [0.15, 0.2) is 0 Å². The average Bonchev–Trinajstić information content (AvgIpc) is 2.77. The van der Waals surface area contributed by atoms with Crippen molar-refractivity contribution in [2.24, 2.45) is 11.8 Å². The lowest BCUT2D eigenvalue weighted by Gasteiger charge is -2.01. The maximum Gasteiger partial charge on any atom is 0.226 e. The molecule has 2 atom stereocenters. The monoisotopic (exact) mass is 258 g/mol. The van der Waals surface area contributed by atoms with E-state index in [-0.39, 0.29) is 5.91 Å². The SMILES string of the molecule is CC1CC1CNC(=O)Cc1nc(CCl)cs1. The first-order valence-corrected chi connectivity index (χ1v) is 6.86. The maximum absolute atomic E-state index is 11.6. The molecule has 0 radical (unpaired) electrons. The topological polar surface area (TPSA) is 42.0 Å². The number of carbonyl (C=O) groups is 1. The van der Waals surface area contributed by atoms with Gasteiger partial charge in [0.05, 0.1) is 18.0 Å². The van der Waals surface area contributed by atoms with Gasteiger partial charge in [0, 0.05) is 11.9 Å². The molecule has 0 spiro atoms. The largest absolute Gasteiger partial charge is 0.355 e. The summed E-state index contributed by atoms with van der Waals surface area (Å²) in [6, 6.07) is 0. The predicted octanol–water partition coefficient (Wildman–Crippen LogP) is 2.20. The molecule has 0 bridgehead atoms. The fourth-order valence-electron chi connectivity index (χ4n) is 1.62. The first-order valence-electron chi connectivity index (χ1n) is 5.45. The molecule has 1 aliphatic carbocycles. The number of hydrogen-bond donors (Lipinski definition) is 1. The molecule has 1 N–H and O–H groups in total. The highest BCUT2D eigenvalue weighted by molar-refractivity contribution is 7.09. The number of amides is 1. The summed E-state index contributed by atoms with van der Waals surface area (Å²) < 4.78 is 0. The van der Waals surface area contributed by atoms with Crippen LogP contribution in [0, 0.1) is 11.8 Å². The summed E-state index contributed by atoms with van der Waals surface area (Å²) in [5.74, 6) is 1.95. The molecule has 1 heterocycles. The second kappa shape index (κ2) is 5.15. The van der Waals surface area contributed by atoms with Gasteiger partial charge in [-0.3, -0.25) is 4.79 Å². The molecule has 0 aliphatic heterocycles. The van der Waals surface area contributed by atoms with Crippen molar-refractivity contribution in [3.63, 3.8) is 0 Å². The molecule has 2 rings (SSSR count). The number of carbonyl (C=O) groups excluding carboxylic acids is 1. The van der Waals surface area contributed by atoms with Gasteiger partial charge in [-0.05, 0) is 18.3 Å². The molecule has 3 nitrogen and oxygen atoms in total. The second-order valence-electron chi connectivity index (χ2n) is 4.32. The zero-order chi connectivity index (χ0) is 11.5. The number of halogens is 1. The van der Waals surface area contributed by atoms with Crippen LogP contribution < -0.4 is 5.32 Å². The first kappa shape index (κ1) is 11.9. The van der Waals surface area contributed by atoms with Gasteiger partial charge in [0.25, 0.3) is 0 Å². The highest BCUT2D eigenvalue weighted by atomic mass is 35.5. The van der Waals surface area contributed by atoms with Crippen molar-refractivity contribution < 1.29 is 4.79 Å². The lowest BCUT2D eigenvalue weighted by Crippen LogP contribution is -2.27. The third-order valence-electron chi connectivity index (χ3n) is 2.89. The summed E-state index contributed by atoms with van der Waals surface area (Å²) in [6.07, 6.45) is 1.62. The Hall–Kier alpha value is -0.610. The van der Waals surface area contributed by atoms with Gasteiger partial charge >= 0.3 is 0 Å². The van der Waals surface area contributed by atoms with Crippen molar-refractivity contribution in [1.82, 2.24) is 10.3 Å². The van der Waals surface area contributed by atoms with Crippen molar-refractivity contribution in [3.05, 3.63) is 16.1 Å². The molecule has 88 valence electrons. The Labute approximate surface area is 104 Å². The van der Waals surface area contributed by atoms with Crippen LogP contribution in [0.4, 0.5) is 0 Å². The summed E-state index contributed by atoms with van der Waals surface area (Å²) in [4.78, 5) is 15.8. The second-order valence-corrected chi connectivity index (χ2v) is 5.53. The number of alkyl halides is 1. The Balaban J connectivity index is 1.73. The van der Waals surface area contributed by atoms with Gasteiger partial charge in [-0.2, -0.15) is 0 Å². The third-order valence-corrected chi connectivity index (χ3v) is 4.06. The quantitative estimate of drug-likeness (QED) is 0.823. The van der Waals surface area contributed by atoms with Crippen LogP contribution in [0.15, 0.2) is 5.38 Å². The van der Waals surface area contributed by atoms with Crippen molar-refractivity contribution in [3.8, 4) is 0 Å². The number of aromatic nitrogens is 1. The van der Waals surface area contributed by atoms with Gasteiger partial charge in [-0.25, -0.2) is 4.98 Å². The van der Waals surface area contributed by atoms with Crippen molar-refractivity contribution in [1.29, 1.82) is 0 Å². The van der Waals surface area contributed by atoms with E-state index in [9.17, 15) is 4.79 Å². The predicted molar refractivity (Wildman–Crippen MR) is 65.7 cm³/mol. The molecule has 2 unspecified atom stereocenters. The van der Waals surface area contributed by atoms with Crippen LogP contribution in [0.3, 0.4) is 0 Å². The lowest BCUT2D eigenvalue weighted by atomic mass is 10.3. The fraction of sp³-hybridized carbons (Fsp3) is 0.636. The zero-order valence-electron chi connectivity index (χ0n) is 9.20. The smallest absolute Gasteiger partial charge is 0.226 e. The van der Waals surface area contributed by atoms with E-state index in [1.807, 2.05) is 5.38 Å². The summed E-state index contributed by atoms with van der Waals surface area (Å²) in [6.45, 7) is 3.03. The summed E-state index contributed by atoms with van der Waals surface area (Å²) in [5.41, 5.74) is 0.852. The highest BCUT2D eigenvalue weighted by Gasteiger charge is 2.32. The molecule has 1 aromatic heterocycles. The molecule has 1 amide bonds. The fourth-order valence-corrected chi connectivity index (χ4v) is 2.64. The van der Waals surface area contributed by atoms with E-state index in [1.165, 1.54) is 17.8 Å². The molecule has 16 heavy (non-hydrogen) atoms. The van der Waals surface area contributed by atoms with Gasteiger partial charge in [-0.15, -0.1) is 22.9 Å². The van der Waals surface area contributed by atoms with E-state index in [2.05, 4.69) is 17.2 Å². The Morgan fingerprint density at radius 3 is 3.06 bits per heavy atom. The lowest BCUT2D eigenvalue weighted by molar-refractivity contribution is -0.120. The molecular formula is C11H15ClN2OS. The van der Waals surface area contributed by atoms with E-state index < -0.39 is 0 Å². The summed E-state index contributed by atoms with van der Waals surface area (Å²) in [7, 11) is 0. The van der Waals surface area contributed by atoms with Gasteiger partial charge in [0.2, 0.25) is 5.91 Å². The molecular weight excluding hydrogens is 244 g/mol. The molecule has 1 aliphatic rings. The molecule has 1 fully saturated rings. The molecule has 0 aromatic carbocycles. The van der Waals surface area contributed by atoms with E-state index >= 15 is 0 Å². The van der Waals surface area contributed by atoms with Crippen molar-refractivity contribution in [2.45, 2.75) is 25.6 Å². The van der Waals surface area contributed by atoms with Crippen molar-refractivity contribution >= 4 is 28.8 Å². The van der Waals surface area contributed by atoms with Crippen LogP contribution in [0.25, 0.3) is 0 Å². The molecule has 0 saturated heterocycles. The average molecular weight is 259 g/mol. The van der Waals surface area contributed by atoms with Gasteiger partial charge < -0.3 is 5.32 Å². The molecule has 1 aromatic rings. The van der Waals surface area contributed by atoms with E-state index in [0.29, 0.717) is 18.2 Å². The minimum absolute atomic E-state index is 0.0644. The summed E-state index contributed by atoms with van der Waals surface area (Å²) >= 11 is 7.14. The van der Waals surface area contributed by atoms with E-state index in [4.69, 9.17) is 11.6 Å².